The molecule has 1 nitrogen and oxygen atoms in total. The van der Waals surface area contributed by atoms with Crippen LogP contribution in [-0.2, 0) is 0 Å². The quantitative estimate of drug-likeness (QED) is 0.694. The molecular weight excluding hydrogens is 295 g/mol. The predicted molar refractivity (Wildman–Crippen MR) is 84.7 cm³/mol. The Labute approximate surface area is 129 Å². The van der Waals surface area contributed by atoms with Crippen LogP contribution in [0.3, 0.4) is 0 Å². The van der Waals surface area contributed by atoms with Gasteiger partial charge in [0.05, 0.1) is 0 Å². The van der Waals surface area contributed by atoms with Crippen LogP contribution in [0.1, 0.15) is 45.1 Å². The van der Waals surface area contributed by atoms with E-state index in [-0.39, 0.29) is 29.0 Å². The van der Waals surface area contributed by atoms with Gasteiger partial charge >= 0.3 is 5.51 Å². The average molecular weight is 319 g/mol. The summed E-state index contributed by atoms with van der Waals surface area (Å²) in [6.07, 6.45) is 1.33. The van der Waals surface area contributed by atoms with Gasteiger partial charge in [0, 0.05) is 17.8 Å². The van der Waals surface area contributed by atoms with E-state index >= 15 is 0 Å². The van der Waals surface area contributed by atoms with Crippen molar-refractivity contribution in [3.05, 3.63) is 35.9 Å². The largest absolute Gasteiger partial charge is 0.441 e. The molecule has 0 saturated carbocycles. The summed E-state index contributed by atoms with van der Waals surface area (Å²) in [5, 5.41) is 3.45. The number of hydrogen-bond donors (Lipinski definition) is 1. The summed E-state index contributed by atoms with van der Waals surface area (Å²) in [5.74, 6) is 0.377. The zero-order valence-electron chi connectivity index (χ0n) is 12.8. The number of alkyl halides is 3. The fourth-order valence-electron chi connectivity index (χ4n) is 2.06. The van der Waals surface area contributed by atoms with Crippen LogP contribution in [0.2, 0.25) is 0 Å². The lowest BCUT2D eigenvalue weighted by molar-refractivity contribution is -0.0328. The Hall–Kier alpha value is -0.680. The second-order valence-electron chi connectivity index (χ2n) is 6.17. The molecule has 21 heavy (non-hydrogen) atoms. The molecule has 0 aromatic heterocycles. The molecule has 1 rings (SSSR count). The Morgan fingerprint density at radius 1 is 1.10 bits per heavy atom. The molecule has 0 radical (unpaired) electrons. The molecule has 0 aliphatic heterocycles. The van der Waals surface area contributed by atoms with E-state index in [0.29, 0.717) is 6.42 Å². The van der Waals surface area contributed by atoms with Crippen molar-refractivity contribution in [3.8, 4) is 0 Å². The van der Waals surface area contributed by atoms with Gasteiger partial charge in [0.15, 0.2) is 0 Å². The second kappa shape index (κ2) is 8.08. The number of nitrogens with one attached hydrogen (secondary N) is 1. The molecule has 0 fully saturated rings. The maximum Gasteiger partial charge on any atom is 0.441 e. The zero-order chi connectivity index (χ0) is 15.9. The van der Waals surface area contributed by atoms with Gasteiger partial charge in [0.25, 0.3) is 0 Å². The lowest BCUT2D eigenvalue weighted by Gasteiger charge is -2.25. The molecule has 5 heteroatoms. The smallest absolute Gasteiger partial charge is 0.311 e. The van der Waals surface area contributed by atoms with Gasteiger partial charge < -0.3 is 5.32 Å². The van der Waals surface area contributed by atoms with E-state index in [9.17, 15) is 13.2 Å². The second-order valence-corrected chi connectivity index (χ2v) is 7.33. The summed E-state index contributed by atoms with van der Waals surface area (Å²) in [6, 6.07) is 10.0. The van der Waals surface area contributed by atoms with E-state index in [1.54, 1.807) is 0 Å². The molecular formula is C16H24F3NS. The first-order valence-corrected chi connectivity index (χ1v) is 8.16. The third kappa shape index (κ3) is 9.04. The number of benzene rings is 1. The first kappa shape index (κ1) is 18.4. The average Bonchev–Trinajstić information content (AvgIpc) is 2.36. The van der Waals surface area contributed by atoms with Gasteiger partial charge in [-0.1, -0.05) is 42.1 Å². The summed E-state index contributed by atoms with van der Waals surface area (Å²) in [6.45, 7) is 7.06. The number of thioether (sulfide) groups is 1. The highest BCUT2D eigenvalue weighted by atomic mass is 32.2. The summed E-state index contributed by atoms with van der Waals surface area (Å²) in [4.78, 5) is 0. The summed E-state index contributed by atoms with van der Waals surface area (Å²) in [5.41, 5.74) is -2.93. The SMILES string of the molecule is CC(C)(C)NCC(CCCSC(F)(F)F)c1ccccc1. The Kier molecular flexibility index (Phi) is 7.07. The molecule has 0 heterocycles. The van der Waals surface area contributed by atoms with Crippen LogP contribution in [0.25, 0.3) is 0 Å². The van der Waals surface area contributed by atoms with Crippen LogP contribution in [0, 0.1) is 0 Å². The topological polar surface area (TPSA) is 12.0 Å². The number of rotatable bonds is 7. The van der Waals surface area contributed by atoms with Crippen LogP contribution in [0.15, 0.2) is 30.3 Å². The third-order valence-corrected chi connectivity index (χ3v) is 3.93. The maximum atomic E-state index is 12.2. The highest BCUT2D eigenvalue weighted by Gasteiger charge is 2.27. The summed E-state index contributed by atoms with van der Waals surface area (Å²) >= 11 is 0.0740. The number of hydrogen-bond acceptors (Lipinski definition) is 2. The van der Waals surface area contributed by atoms with Crippen LogP contribution >= 0.6 is 11.8 Å². The fourth-order valence-corrected chi connectivity index (χ4v) is 2.60. The molecule has 0 aliphatic rings. The van der Waals surface area contributed by atoms with E-state index in [0.717, 1.165) is 13.0 Å². The predicted octanol–water partition coefficient (Wildman–Crippen LogP) is 5.19. The molecule has 1 aromatic rings. The van der Waals surface area contributed by atoms with Crippen molar-refractivity contribution in [2.24, 2.45) is 0 Å². The van der Waals surface area contributed by atoms with Gasteiger partial charge in [-0.15, -0.1) is 0 Å². The minimum absolute atomic E-state index is 0.00769. The molecule has 1 aromatic carbocycles. The van der Waals surface area contributed by atoms with Gasteiger partial charge in [-0.3, -0.25) is 0 Å². The lowest BCUT2D eigenvalue weighted by Crippen LogP contribution is -2.38. The lowest BCUT2D eigenvalue weighted by atomic mass is 9.93. The third-order valence-electron chi connectivity index (χ3n) is 3.11. The van der Waals surface area contributed by atoms with Gasteiger partial charge in [-0.25, -0.2) is 0 Å². The molecule has 120 valence electrons. The number of halogens is 3. The molecule has 0 saturated heterocycles. The van der Waals surface area contributed by atoms with Gasteiger partial charge in [-0.2, -0.15) is 13.2 Å². The molecule has 1 unspecified atom stereocenters. The van der Waals surface area contributed by atoms with Crippen LogP contribution in [-0.4, -0.2) is 23.3 Å². The van der Waals surface area contributed by atoms with E-state index in [1.165, 1.54) is 5.56 Å². The Morgan fingerprint density at radius 3 is 2.24 bits per heavy atom. The minimum atomic E-state index is -4.12. The van der Waals surface area contributed by atoms with E-state index < -0.39 is 5.51 Å². The molecule has 1 atom stereocenters. The normalized spacial score (nSPS) is 14.2. The Balaban J connectivity index is 2.53. The van der Waals surface area contributed by atoms with Crippen molar-refractivity contribution in [2.45, 2.75) is 50.6 Å². The van der Waals surface area contributed by atoms with Gasteiger partial charge in [0.1, 0.15) is 0 Å². The van der Waals surface area contributed by atoms with Crippen molar-refractivity contribution in [1.82, 2.24) is 5.32 Å². The monoisotopic (exact) mass is 319 g/mol. The minimum Gasteiger partial charge on any atom is -0.311 e. The highest BCUT2D eigenvalue weighted by Crippen LogP contribution is 2.32. The standard InChI is InChI=1S/C16H24F3NS/c1-15(2,3)20-12-14(13-8-5-4-6-9-13)10-7-11-21-16(17,18)19/h4-6,8-9,14,20H,7,10-12H2,1-3H3. The van der Waals surface area contributed by atoms with Crippen LogP contribution in [0.5, 0.6) is 0 Å². The van der Waals surface area contributed by atoms with Crippen LogP contribution in [0.4, 0.5) is 13.2 Å². The van der Waals surface area contributed by atoms with E-state index in [1.807, 2.05) is 30.3 Å². The van der Waals surface area contributed by atoms with E-state index in [4.69, 9.17) is 0 Å². The van der Waals surface area contributed by atoms with Crippen molar-refractivity contribution in [1.29, 1.82) is 0 Å². The molecule has 0 aliphatic carbocycles. The van der Waals surface area contributed by atoms with E-state index in [2.05, 4.69) is 26.1 Å². The first-order chi connectivity index (χ1) is 9.67. The fraction of sp³-hybridized carbons (Fsp3) is 0.625. The summed E-state index contributed by atoms with van der Waals surface area (Å²) in [7, 11) is 0. The summed E-state index contributed by atoms with van der Waals surface area (Å²) < 4.78 is 36.5. The zero-order valence-corrected chi connectivity index (χ0v) is 13.7. The highest BCUT2D eigenvalue weighted by molar-refractivity contribution is 8.00. The molecule has 0 bridgehead atoms. The molecule has 0 amide bonds. The van der Waals surface area contributed by atoms with Crippen molar-refractivity contribution < 1.29 is 13.2 Å². The van der Waals surface area contributed by atoms with Crippen LogP contribution < -0.4 is 5.32 Å². The Morgan fingerprint density at radius 2 is 1.71 bits per heavy atom. The molecule has 0 spiro atoms. The molecule has 1 N–H and O–H groups in total. The van der Waals surface area contributed by atoms with Crippen molar-refractivity contribution in [3.63, 3.8) is 0 Å². The van der Waals surface area contributed by atoms with Crippen molar-refractivity contribution in [2.75, 3.05) is 12.3 Å². The maximum absolute atomic E-state index is 12.2. The van der Waals surface area contributed by atoms with Gasteiger partial charge in [-0.05, 0) is 45.1 Å². The Bertz CT molecular complexity index is 398. The van der Waals surface area contributed by atoms with Crippen molar-refractivity contribution >= 4 is 11.8 Å². The first-order valence-electron chi connectivity index (χ1n) is 7.18. The van der Waals surface area contributed by atoms with Gasteiger partial charge in [0.2, 0.25) is 0 Å².